The van der Waals surface area contributed by atoms with Gasteiger partial charge in [0.2, 0.25) is 0 Å². The highest BCUT2D eigenvalue weighted by molar-refractivity contribution is 7.89. The van der Waals surface area contributed by atoms with Gasteiger partial charge in [0.1, 0.15) is 0 Å². The van der Waals surface area contributed by atoms with Crippen LogP contribution in [0.15, 0.2) is 5.03 Å². The van der Waals surface area contributed by atoms with Crippen molar-refractivity contribution in [2.75, 3.05) is 0 Å². The van der Waals surface area contributed by atoms with E-state index in [1.165, 1.54) is 0 Å². The summed E-state index contributed by atoms with van der Waals surface area (Å²) in [4.78, 5) is 0. The fraction of sp³-hybridized carbons (Fsp3) is 0.769. The zero-order valence-corrected chi connectivity index (χ0v) is 13.2. The van der Waals surface area contributed by atoms with E-state index in [0.29, 0.717) is 16.7 Å². The molecule has 0 bridgehead atoms. The summed E-state index contributed by atoms with van der Waals surface area (Å²) in [6, 6.07) is -0.00402. The average Bonchev–Trinajstić information content (AvgIpc) is 2.74. The molecule has 114 valence electrons. The van der Waals surface area contributed by atoms with Crippen molar-refractivity contribution in [1.82, 2.24) is 14.9 Å². The molecule has 6 nitrogen and oxygen atoms in total. The number of aryl methyl sites for hydroxylation is 1. The Morgan fingerprint density at radius 2 is 2.00 bits per heavy atom. The summed E-state index contributed by atoms with van der Waals surface area (Å²) in [7, 11) is -3.59. The van der Waals surface area contributed by atoms with Gasteiger partial charge in [0.15, 0.2) is 5.03 Å². The Hall–Kier alpha value is -0.920. The molecule has 1 heterocycles. The second kappa shape index (κ2) is 5.46. The largest absolute Gasteiger partial charge is 0.326 e. The molecule has 4 N–H and O–H groups in total. The molecular formula is C13H24N4O2S. The summed E-state index contributed by atoms with van der Waals surface area (Å²) in [6.45, 7) is 6.39. The van der Waals surface area contributed by atoms with Gasteiger partial charge in [0.25, 0.3) is 10.0 Å². The maximum Gasteiger partial charge on any atom is 0.260 e. The Balaban J connectivity index is 2.12. The predicted octanol–water partition coefficient (Wildman–Crippen LogP) is 1.42. The molecule has 0 atom stereocenters. The monoisotopic (exact) mass is 300 g/mol. The van der Waals surface area contributed by atoms with Crippen LogP contribution in [-0.2, 0) is 16.6 Å². The van der Waals surface area contributed by atoms with Gasteiger partial charge in [-0.25, -0.2) is 13.1 Å². The molecule has 1 aliphatic carbocycles. The fourth-order valence-corrected chi connectivity index (χ4v) is 4.20. The maximum atomic E-state index is 12.4. The normalized spacial score (nSPS) is 20.2. The Kier molecular flexibility index (Phi) is 4.22. The van der Waals surface area contributed by atoms with Crippen molar-refractivity contribution in [2.45, 2.75) is 64.1 Å². The second-order valence-corrected chi connectivity index (χ2v) is 8.03. The van der Waals surface area contributed by atoms with Gasteiger partial charge < -0.3 is 5.73 Å². The number of nitrogens with zero attached hydrogens (tertiary/aromatic N) is 1. The quantitative estimate of drug-likeness (QED) is 0.783. The van der Waals surface area contributed by atoms with Crippen molar-refractivity contribution in [2.24, 2.45) is 11.1 Å². The third-order valence-electron chi connectivity index (χ3n) is 4.16. The summed E-state index contributed by atoms with van der Waals surface area (Å²) in [6.07, 6.45) is 3.80. The van der Waals surface area contributed by atoms with Crippen LogP contribution in [0.1, 0.15) is 50.8 Å². The van der Waals surface area contributed by atoms with Gasteiger partial charge in [-0.05, 0) is 38.0 Å². The Morgan fingerprint density at radius 1 is 1.40 bits per heavy atom. The number of rotatable bonds is 4. The van der Waals surface area contributed by atoms with E-state index in [0.717, 1.165) is 25.7 Å². The lowest BCUT2D eigenvalue weighted by Gasteiger charge is -2.34. The first-order valence-corrected chi connectivity index (χ1v) is 8.50. The smallest absolute Gasteiger partial charge is 0.260 e. The first kappa shape index (κ1) is 15.5. The third kappa shape index (κ3) is 3.21. The minimum atomic E-state index is -3.59. The van der Waals surface area contributed by atoms with Crippen LogP contribution in [-0.4, -0.2) is 24.7 Å². The van der Waals surface area contributed by atoms with Crippen LogP contribution >= 0.6 is 0 Å². The Bertz CT molecular complexity index is 567. The topological polar surface area (TPSA) is 101 Å². The molecule has 0 spiro atoms. The van der Waals surface area contributed by atoms with Crippen molar-refractivity contribution < 1.29 is 8.42 Å². The molecule has 1 saturated carbocycles. The first-order chi connectivity index (χ1) is 9.25. The lowest BCUT2D eigenvalue weighted by molar-refractivity contribution is 0.218. The average molecular weight is 300 g/mol. The van der Waals surface area contributed by atoms with Gasteiger partial charge in [0, 0.05) is 23.8 Å². The van der Waals surface area contributed by atoms with E-state index in [9.17, 15) is 8.42 Å². The Morgan fingerprint density at radius 3 is 2.55 bits per heavy atom. The molecule has 0 aliphatic heterocycles. The van der Waals surface area contributed by atoms with Crippen molar-refractivity contribution in [3.8, 4) is 0 Å². The van der Waals surface area contributed by atoms with E-state index >= 15 is 0 Å². The summed E-state index contributed by atoms with van der Waals surface area (Å²) in [5.74, 6) is 0. The lowest BCUT2D eigenvalue weighted by Crippen LogP contribution is -2.39. The van der Waals surface area contributed by atoms with E-state index in [1.54, 1.807) is 6.92 Å². The summed E-state index contributed by atoms with van der Waals surface area (Å²) in [5.41, 5.74) is 7.19. The van der Waals surface area contributed by atoms with Crippen LogP contribution in [0.5, 0.6) is 0 Å². The van der Waals surface area contributed by atoms with Crippen LogP contribution in [0.25, 0.3) is 0 Å². The van der Waals surface area contributed by atoms with Crippen LogP contribution in [0, 0.1) is 12.3 Å². The van der Waals surface area contributed by atoms with Crippen molar-refractivity contribution in [3.05, 3.63) is 11.3 Å². The molecule has 1 aromatic heterocycles. The maximum absolute atomic E-state index is 12.4. The Labute approximate surface area is 120 Å². The van der Waals surface area contributed by atoms with E-state index in [1.807, 2.05) is 0 Å². The number of hydrogen-bond acceptors (Lipinski definition) is 4. The van der Waals surface area contributed by atoms with Crippen LogP contribution < -0.4 is 10.5 Å². The molecule has 20 heavy (non-hydrogen) atoms. The molecule has 7 heteroatoms. The number of hydrogen-bond donors (Lipinski definition) is 3. The van der Waals surface area contributed by atoms with Gasteiger partial charge in [-0.3, -0.25) is 5.10 Å². The minimum absolute atomic E-state index is 0.00402. The SMILES string of the molecule is Cc1[nH]nc(S(=O)(=O)NC2CCC(C)(C)CC2)c1CN. The zero-order chi connectivity index (χ0) is 15.0. The second-order valence-electron chi connectivity index (χ2n) is 6.40. The molecule has 1 aromatic rings. The number of nitrogens with one attached hydrogen (secondary N) is 2. The molecular weight excluding hydrogens is 276 g/mol. The van der Waals surface area contributed by atoms with Crippen molar-refractivity contribution in [1.29, 1.82) is 0 Å². The van der Waals surface area contributed by atoms with Gasteiger partial charge >= 0.3 is 0 Å². The standard InChI is InChI=1S/C13H24N4O2S/c1-9-11(8-14)12(16-15-9)20(18,19)17-10-4-6-13(2,3)7-5-10/h10,17H,4-8,14H2,1-3H3,(H,15,16). The molecule has 0 amide bonds. The number of aromatic amines is 1. The molecule has 0 aromatic carbocycles. The van der Waals surface area contributed by atoms with E-state index in [2.05, 4.69) is 28.8 Å². The highest BCUT2D eigenvalue weighted by Crippen LogP contribution is 2.35. The fourth-order valence-electron chi connectivity index (χ4n) is 2.69. The number of sulfonamides is 1. The number of nitrogens with two attached hydrogens (primary N) is 1. The lowest BCUT2D eigenvalue weighted by atomic mass is 9.76. The predicted molar refractivity (Wildman–Crippen MR) is 77.6 cm³/mol. The van der Waals surface area contributed by atoms with E-state index in [4.69, 9.17) is 5.73 Å². The molecule has 1 aliphatic rings. The number of aromatic nitrogens is 2. The van der Waals surface area contributed by atoms with Gasteiger partial charge in [-0.15, -0.1) is 0 Å². The molecule has 0 radical (unpaired) electrons. The van der Waals surface area contributed by atoms with Crippen molar-refractivity contribution in [3.63, 3.8) is 0 Å². The minimum Gasteiger partial charge on any atom is -0.326 e. The van der Waals surface area contributed by atoms with E-state index in [-0.39, 0.29) is 17.6 Å². The summed E-state index contributed by atoms with van der Waals surface area (Å²) >= 11 is 0. The molecule has 1 fully saturated rings. The van der Waals surface area contributed by atoms with E-state index < -0.39 is 10.0 Å². The molecule has 2 rings (SSSR count). The first-order valence-electron chi connectivity index (χ1n) is 7.01. The molecule has 0 unspecified atom stereocenters. The van der Waals surface area contributed by atoms with Gasteiger partial charge in [-0.1, -0.05) is 13.8 Å². The van der Waals surface area contributed by atoms with Crippen LogP contribution in [0.4, 0.5) is 0 Å². The van der Waals surface area contributed by atoms with Gasteiger partial charge in [0.05, 0.1) is 0 Å². The number of H-pyrrole nitrogens is 1. The highest BCUT2D eigenvalue weighted by atomic mass is 32.2. The summed E-state index contributed by atoms with van der Waals surface area (Å²) < 4.78 is 27.6. The van der Waals surface area contributed by atoms with Crippen LogP contribution in [0.3, 0.4) is 0 Å². The van der Waals surface area contributed by atoms with Crippen molar-refractivity contribution >= 4 is 10.0 Å². The highest BCUT2D eigenvalue weighted by Gasteiger charge is 2.31. The van der Waals surface area contributed by atoms with Gasteiger partial charge in [-0.2, -0.15) is 5.10 Å². The third-order valence-corrected chi connectivity index (χ3v) is 5.65. The molecule has 0 saturated heterocycles. The summed E-state index contributed by atoms with van der Waals surface area (Å²) in [5, 5.41) is 6.64. The van der Waals surface area contributed by atoms with Crippen LogP contribution in [0.2, 0.25) is 0 Å². The zero-order valence-electron chi connectivity index (χ0n) is 12.4.